The van der Waals surface area contributed by atoms with E-state index in [4.69, 9.17) is 0 Å². The molecule has 1 aromatic rings. The summed E-state index contributed by atoms with van der Waals surface area (Å²) < 4.78 is 0. The van der Waals surface area contributed by atoms with E-state index in [2.05, 4.69) is 32.7 Å². The van der Waals surface area contributed by atoms with Crippen LogP contribution < -0.4 is 10.6 Å². The van der Waals surface area contributed by atoms with Gasteiger partial charge in [0.15, 0.2) is 0 Å². The number of hydrogen-bond donors (Lipinski definition) is 2. The van der Waals surface area contributed by atoms with Crippen molar-refractivity contribution in [2.45, 2.75) is 32.7 Å². The van der Waals surface area contributed by atoms with Gasteiger partial charge in [0.2, 0.25) is 10.1 Å². The Hall–Kier alpha value is -1.21. The van der Waals surface area contributed by atoms with E-state index in [1.54, 1.807) is 0 Å². The molecule has 1 saturated heterocycles. The molecule has 1 aromatic heterocycles. The first-order chi connectivity index (χ1) is 9.24. The molecule has 1 aliphatic heterocycles. The molecule has 2 rings (SSSR count). The highest BCUT2D eigenvalue weighted by atomic mass is 32.1. The average molecular weight is 283 g/mol. The van der Waals surface area contributed by atoms with Crippen molar-refractivity contribution in [1.82, 2.24) is 20.4 Å². The molecule has 19 heavy (non-hydrogen) atoms. The lowest BCUT2D eigenvalue weighted by atomic mass is 10.2. The standard InChI is InChI=1S/C12H21N5OS/c1-3-13-12-16-15-11(19-12)10(18)14-8-9-6-5-7-17(9)4-2/h9H,3-8H2,1-2H3,(H,13,16)(H,14,18). The molecular formula is C12H21N5OS. The Morgan fingerprint density at radius 2 is 2.32 bits per heavy atom. The number of nitrogens with one attached hydrogen (secondary N) is 2. The predicted molar refractivity (Wildman–Crippen MR) is 76.7 cm³/mol. The zero-order valence-corrected chi connectivity index (χ0v) is 12.3. The number of rotatable bonds is 6. The maximum Gasteiger partial charge on any atom is 0.282 e. The molecule has 1 aliphatic rings. The van der Waals surface area contributed by atoms with E-state index in [1.165, 1.54) is 17.8 Å². The summed E-state index contributed by atoms with van der Waals surface area (Å²) >= 11 is 1.30. The second kappa shape index (κ2) is 6.81. The summed E-state index contributed by atoms with van der Waals surface area (Å²) in [5.74, 6) is -0.121. The van der Waals surface area contributed by atoms with E-state index in [-0.39, 0.29) is 5.91 Å². The summed E-state index contributed by atoms with van der Waals surface area (Å²) in [5, 5.41) is 15.0. The fraction of sp³-hybridized carbons (Fsp3) is 0.750. The number of anilines is 1. The van der Waals surface area contributed by atoms with Gasteiger partial charge < -0.3 is 10.6 Å². The van der Waals surface area contributed by atoms with Crippen LogP contribution in [0.1, 0.15) is 36.5 Å². The third kappa shape index (κ3) is 3.63. The van der Waals surface area contributed by atoms with Crippen LogP contribution in [-0.2, 0) is 0 Å². The van der Waals surface area contributed by atoms with E-state index in [0.717, 1.165) is 26.1 Å². The first kappa shape index (κ1) is 14.2. The first-order valence-electron chi connectivity index (χ1n) is 6.84. The number of likely N-dealkylation sites (N-methyl/N-ethyl adjacent to an activating group) is 1. The van der Waals surface area contributed by atoms with E-state index in [1.807, 2.05) is 6.92 Å². The summed E-state index contributed by atoms with van der Waals surface area (Å²) in [7, 11) is 0. The second-order valence-corrected chi connectivity index (χ2v) is 5.55. The molecule has 7 heteroatoms. The molecule has 1 unspecified atom stereocenters. The second-order valence-electron chi connectivity index (χ2n) is 4.58. The van der Waals surface area contributed by atoms with Gasteiger partial charge in [-0.1, -0.05) is 18.3 Å². The van der Waals surface area contributed by atoms with Crippen LogP contribution in [0.25, 0.3) is 0 Å². The third-order valence-electron chi connectivity index (χ3n) is 3.35. The molecule has 0 spiro atoms. The Balaban J connectivity index is 1.83. The van der Waals surface area contributed by atoms with E-state index in [0.29, 0.717) is 22.7 Å². The van der Waals surface area contributed by atoms with Crippen LogP contribution in [0.5, 0.6) is 0 Å². The Labute approximate surface area is 117 Å². The normalized spacial score (nSPS) is 19.6. The van der Waals surface area contributed by atoms with Crippen LogP contribution in [-0.4, -0.2) is 53.2 Å². The molecule has 0 aromatic carbocycles. The summed E-state index contributed by atoms with van der Waals surface area (Å²) in [4.78, 5) is 14.4. The summed E-state index contributed by atoms with van der Waals surface area (Å²) in [6.07, 6.45) is 2.38. The molecule has 0 bridgehead atoms. The maximum absolute atomic E-state index is 12.0. The van der Waals surface area contributed by atoms with Crippen LogP contribution in [0.2, 0.25) is 0 Å². The Morgan fingerprint density at radius 3 is 3.05 bits per heavy atom. The summed E-state index contributed by atoms with van der Waals surface area (Å²) in [5.41, 5.74) is 0. The number of carbonyl (C=O) groups excluding carboxylic acids is 1. The van der Waals surface area contributed by atoms with Crippen molar-refractivity contribution in [3.63, 3.8) is 0 Å². The van der Waals surface area contributed by atoms with Gasteiger partial charge in [0.25, 0.3) is 5.91 Å². The fourth-order valence-electron chi connectivity index (χ4n) is 2.37. The minimum Gasteiger partial charge on any atom is -0.360 e. The van der Waals surface area contributed by atoms with Crippen LogP contribution in [0, 0.1) is 0 Å². The Bertz CT molecular complexity index is 422. The lowest BCUT2D eigenvalue weighted by molar-refractivity contribution is 0.0940. The number of amides is 1. The number of hydrogen-bond acceptors (Lipinski definition) is 6. The lowest BCUT2D eigenvalue weighted by Gasteiger charge is -2.22. The highest BCUT2D eigenvalue weighted by Crippen LogP contribution is 2.17. The SMILES string of the molecule is CCNc1nnc(C(=O)NCC2CCCN2CC)s1. The Kier molecular flexibility index (Phi) is 5.09. The third-order valence-corrected chi connectivity index (χ3v) is 4.23. The van der Waals surface area contributed by atoms with E-state index < -0.39 is 0 Å². The predicted octanol–water partition coefficient (Wildman–Crippen LogP) is 1.18. The van der Waals surface area contributed by atoms with Gasteiger partial charge in [-0.3, -0.25) is 9.69 Å². The van der Waals surface area contributed by atoms with Crippen molar-refractivity contribution in [3.8, 4) is 0 Å². The van der Waals surface area contributed by atoms with Gasteiger partial charge in [-0.2, -0.15) is 0 Å². The molecular weight excluding hydrogens is 262 g/mol. The molecule has 1 atom stereocenters. The largest absolute Gasteiger partial charge is 0.360 e. The number of likely N-dealkylation sites (tertiary alicyclic amines) is 1. The monoisotopic (exact) mass is 283 g/mol. The molecule has 2 N–H and O–H groups in total. The van der Waals surface area contributed by atoms with Crippen molar-refractivity contribution in [1.29, 1.82) is 0 Å². The van der Waals surface area contributed by atoms with Gasteiger partial charge >= 0.3 is 0 Å². The molecule has 1 fully saturated rings. The Morgan fingerprint density at radius 1 is 1.47 bits per heavy atom. The van der Waals surface area contributed by atoms with E-state index in [9.17, 15) is 4.79 Å². The van der Waals surface area contributed by atoms with Gasteiger partial charge in [-0.25, -0.2) is 0 Å². The highest BCUT2D eigenvalue weighted by Gasteiger charge is 2.23. The average Bonchev–Trinajstić information content (AvgIpc) is 3.04. The van der Waals surface area contributed by atoms with Crippen molar-refractivity contribution in [2.24, 2.45) is 0 Å². The molecule has 6 nitrogen and oxygen atoms in total. The van der Waals surface area contributed by atoms with Gasteiger partial charge in [0.1, 0.15) is 0 Å². The van der Waals surface area contributed by atoms with Gasteiger partial charge in [-0.15, -0.1) is 10.2 Å². The van der Waals surface area contributed by atoms with Crippen LogP contribution in [0.4, 0.5) is 5.13 Å². The van der Waals surface area contributed by atoms with Crippen molar-refractivity contribution in [2.75, 3.05) is 31.5 Å². The van der Waals surface area contributed by atoms with Crippen LogP contribution in [0.3, 0.4) is 0 Å². The molecule has 0 saturated carbocycles. The maximum atomic E-state index is 12.0. The molecule has 0 radical (unpaired) electrons. The number of nitrogens with zero attached hydrogens (tertiary/aromatic N) is 3. The molecule has 1 amide bonds. The smallest absolute Gasteiger partial charge is 0.282 e. The quantitative estimate of drug-likeness (QED) is 0.820. The molecule has 2 heterocycles. The van der Waals surface area contributed by atoms with Gasteiger partial charge in [0, 0.05) is 19.1 Å². The minimum absolute atomic E-state index is 0.121. The summed E-state index contributed by atoms with van der Waals surface area (Å²) in [6, 6.07) is 0.468. The van der Waals surface area contributed by atoms with Gasteiger partial charge in [0.05, 0.1) is 0 Å². The topological polar surface area (TPSA) is 70.1 Å². The fourth-order valence-corrected chi connectivity index (χ4v) is 3.09. The summed E-state index contributed by atoms with van der Waals surface area (Å²) in [6.45, 7) is 7.81. The van der Waals surface area contributed by atoms with E-state index >= 15 is 0 Å². The zero-order chi connectivity index (χ0) is 13.7. The number of aromatic nitrogens is 2. The van der Waals surface area contributed by atoms with Crippen molar-refractivity contribution in [3.05, 3.63) is 5.01 Å². The first-order valence-corrected chi connectivity index (χ1v) is 7.65. The van der Waals surface area contributed by atoms with Crippen molar-refractivity contribution >= 4 is 22.4 Å². The molecule has 106 valence electrons. The lowest BCUT2D eigenvalue weighted by Crippen LogP contribution is -2.40. The highest BCUT2D eigenvalue weighted by molar-refractivity contribution is 7.17. The van der Waals surface area contributed by atoms with Crippen molar-refractivity contribution < 1.29 is 4.79 Å². The molecule has 0 aliphatic carbocycles. The van der Waals surface area contributed by atoms with Gasteiger partial charge in [-0.05, 0) is 32.9 Å². The number of carbonyl (C=O) groups is 1. The van der Waals surface area contributed by atoms with Crippen LogP contribution >= 0.6 is 11.3 Å². The minimum atomic E-state index is -0.121. The van der Waals surface area contributed by atoms with Crippen LogP contribution in [0.15, 0.2) is 0 Å². The zero-order valence-electron chi connectivity index (χ0n) is 11.5.